The molecule has 0 aliphatic carbocycles. The molecule has 2 N–H and O–H groups in total. The molecule has 1 fully saturated rings. The van der Waals surface area contributed by atoms with Crippen LogP contribution in [0.2, 0.25) is 0 Å². The number of morpholine rings is 1. The number of benzene rings is 2. The molecule has 0 aromatic heterocycles. The van der Waals surface area contributed by atoms with Crippen LogP contribution in [0.1, 0.15) is 15.9 Å². The molecule has 4 heteroatoms. The van der Waals surface area contributed by atoms with E-state index in [0.29, 0.717) is 5.56 Å². The second-order valence-corrected chi connectivity index (χ2v) is 5.07. The molecule has 3 rings (SSSR count). The molecular weight excluding hydrogens is 252 g/mol. The van der Waals surface area contributed by atoms with Crippen molar-refractivity contribution < 1.29 is 9.53 Å². The van der Waals surface area contributed by atoms with Crippen molar-refractivity contribution in [3.63, 3.8) is 0 Å². The van der Waals surface area contributed by atoms with Gasteiger partial charge in [0.15, 0.2) is 0 Å². The Bertz CT molecular complexity index is 633. The van der Waals surface area contributed by atoms with E-state index in [9.17, 15) is 4.79 Å². The van der Waals surface area contributed by atoms with Crippen LogP contribution in [-0.4, -0.2) is 37.1 Å². The molecule has 4 nitrogen and oxygen atoms in total. The third-order valence-corrected chi connectivity index (χ3v) is 3.78. The van der Waals surface area contributed by atoms with Gasteiger partial charge in [0.25, 0.3) is 0 Å². The lowest BCUT2D eigenvalue weighted by Crippen LogP contribution is -2.35. The fraction of sp³-hybridized carbons (Fsp3) is 0.312. The van der Waals surface area contributed by atoms with Crippen molar-refractivity contribution in [2.75, 3.05) is 26.3 Å². The van der Waals surface area contributed by atoms with E-state index >= 15 is 0 Å². The molecule has 1 saturated heterocycles. The number of amides is 1. The van der Waals surface area contributed by atoms with Gasteiger partial charge in [-0.2, -0.15) is 0 Å². The van der Waals surface area contributed by atoms with Gasteiger partial charge in [0.05, 0.1) is 13.2 Å². The Morgan fingerprint density at radius 3 is 2.50 bits per heavy atom. The number of carbonyl (C=O) groups excluding carboxylic acids is 1. The van der Waals surface area contributed by atoms with E-state index < -0.39 is 0 Å². The molecule has 0 unspecified atom stereocenters. The van der Waals surface area contributed by atoms with E-state index in [0.717, 1.165) is 43.6 Å². The van der Waals surface area contributed by atoms with Crippen LogP contribution >= 0.6 is 0 Å². The SMILES string of the molecule is NC(=O)c1ccc(CN2CCOCC2)c2ccccc12. The predicted molar refractivity (Wildman–Crippen MR) is 78.6 cm³/mol. The number of nitrogens with two attached hydrogens (primary N) is 1. The van der Waals surface area contributed by atoms with Gasteiger partial charge >= 0.3 is 0 Å². The zero-order valence-corrected chi connectivity index (χ0v) is 11.3. The van der Waals surface area contributed by atoms with Crippen LogP contribution < -0.4 is 5.73 Å². The van der Waals surface area contributed by atoms with E-state index in [1.54, 1.807) is 0 Å². The topological polar surface area (TPSA) is 55.6 Å². The lowest BCUT2D eigenvalue weighted by Gasteiger charge is -2.27. The van der Waals surface area contributed by atoms with Gasteiger partial charge < -0.3 is 10.5 Å². The van der Waals surface area contributed by atoms with Crippen molar-refractivity contribution in [1.29, 1.82) is 0 Å². The van der Waals surface area contributed by atoms with Crippen molar-refractivity contribution in [1.82, 2.24) is 4.90 Å². The van der Waals surface area contributed by atoms with Crippen LogP contribution in [0.4, 0.5) is 0 Å². The first-order chi connectivity index (χ1) is 9.75. The van der Waals surface area contributed by atoms with Crippen molar-refractivity contribution >= 4 is 16.7 Å². The average Bonchev–Trinajstić information content (AvgIpc) is 2.48. The minimum absolute atomic E-state index is 0.376. The summed E-state index contributed by atoms with van der Waals surface area (Å²) < 4.78 is 5.37. The molecule has 2 aromatic carbocycles. The molecule has 0 radical (unpaired) electrons. The number of rotatable bonds is 3. The number of ether oxygens (including phenoxy) is 1. The van der Waals surface area contributed by atoms with Crippen LogP contribution in [-0.2, 0) is 11.3 Å². The Kier molecular flexibility index (Phi) is 3.67. The summed E-state index contributed by atoms with van der Waals surface area (Å²) in [5, 5.41) is 2.04. The molecule has 1 amide bonds. The van der Waals surface area contributed by atoms with Gasteiger partial charge in [0, 0.05) is 25.2 Å². The standard InChI is InChI=1S/C16H18N2O2/c17-16(19)15-6-5-12(11-18-7-9-20-10-8-18)13-3-1-2-4-14(13)15/h1-6H,7-11H2,(H2,17,19). The fourth-order valence-corrected chi connectivity index (χ4v) is 2.71. The summed E-state index contributed by atoms with van der Waals surface area (Å²) in [5.74, 6) is -0.376. The number of carbonyl (C=O) groups is 1. The maximum absolute atomic E-state index is 11.5. The fourth-order valence-electron chi connectivity index (χ4n) is 2.71. The van der Waals surface area contributed by atoms with Gasteiger partial charge in [-0.3, -0.25) is 9.69 Å². The summed E-state index contributed by atoms with van der Waals surface area (Å²) in [6.07, 6.45) is 0. The number of hydrogen-bond acceptors (Lipinski definition) is 3. The summed E-state index contributed by atoms with van der Waals surface area (Å²) in [6.45, 7) is 4.36. The van der Waals surface area contributed by atoms with E-state index in [2.05, 4.69) is 11.0 Å². The summed E-state index contributed by atoms with van der Waals surface area (Å²) in [7, 11) is 0. The van der Waals surface area contributed by atoms with Crippen LogP contribution in [0.3, 0.4) is 0 Å². The molecule has 0 spiro atoms. The summed E-state index contributed by atoms with van der Waals surface area (Å²) in [4.78, 5) is 13.9. The zero-order chi connectivity index (χ0) is 13.9. The van der Waals surface area contributed by atoms with Gasteiger partial charge in [0.1, 0.15) is 0 Å². The smallest absolute Gasteiger partial charge is 0.249 e. The number of nitrogens with zero attached hydrogens (tertiary/aromatic N) is 1. The van der Waals surface area contributed by atoms with Gasteiger partial charge in [0.2, 0.25) is 5.91 Å². The highest BCUT2D eigenvalue weighted by Crippen LogP contribution is 2.24. The average molecular weight is 270 g/mol. The molecule has 2 aromatic rings. The molecule has 0 saturated carbocycles. The Labute approximate surface area is 118 Å². The summed E-state index contributed by atoms with van der Waals surface area (Å²) in [5.41, 5.74) is 7.27. The quantitative estimate of drug-likeness (QED) is 0.924. The minimum atomic E-state index is -0.376. The second-order valence-electron chi connectivity index (χ2n) is 5.07. The van der Waals surface area contributed by atoms with Crippen molar-refractivity contribution in [2.45, 2.75) is 6.54 Å². The second kappa shape index (κ2) is 5.61. The highest BCUT2D eigenvalue weighted by atomic mass is 16.5. The normalized spacial score (nSPS) is 16.4. The molecule has 1 aliphatic rings. The third-order valence-electron chi connectivity index (χ3n) is 3.78. The minimum Gasteiger partial charge on any atom is -0.379 e. The maximum atomic E-state index is 11.5. The van der Waals surface area contributed by atoms with E-state index in [1.807, 2.05) is 30.3 Å². The maximum Gasteiger partial charge on any atom is 0.249 e. The van der Waals surface area contributed by atoms with Crippen LogP contribution in [0.25, 0.3) is 10.8 Å². The Balaban J connectivity index is 1.99. The lowest BCUT2D eigenvalue weighted by atomic mass is 9.99. The van der Waals surface area contributed by atoms with E-state index in [1.165, 1.54) is 5.56 Å². The highest BCUT2D eigenvalue weighted by molar-refractivity contribution is 6.07. The van der Waals surface area contributed by atoms with Gasteiger partial charge in [-0.15, -0.1) is 0 Å². The Morgan fingerprint density at radius 2 is 1.80 bits per heavy atom. The number of fused-ring (bicyclic) bond motifs is 1. The molecule has 0 bridgehead atoms. The molecule has 20 heavy (non-hydrogen) atoms. The highest BCUT2D eigenvalue weighted by Gasteiger charge is 2.14. The summed E-state index contributed by atoms with van der Waals surface area (Å²) >= 11 is 0. The molecular formula is C16H18N2O2. The van der Waals surface area contributed by atoms with Crippen molar-refractivity contribution in [3.05, 3.63) is 47.5 Å². The van der Waals surface area contributed by atoms with Crippen molar-refractivity contribution in [2.24, 2.45) is 5.73 Å². The van der Waals surface area contributed by atoms with Gasteiger partial charge in [-0.1, -0.05) is 30.3 Å². The monoisotopic (exact) mass is 270 g/mol. The van der Waals surface area contributed by atoms with Crippen LogP contribution in [0.5, 0.6) is 0 Å². The molecule has 1 aliphatic heterocycles. The van der Waals surface area contributed by atoms with E-state index in [-0.39, 0.29) is 5.91 Å². The Hall–Kier alpha value is -1.91. The first kappa shape index (κ1) is 13.1. The van der Waals surface area contributed by atoms with Crippen LogP contribution in [0, 0.1) is 0 Å². The third kappa shape index (κ3) is 2.53. The molecule has 104 valence electrons. The Morgan fingerprint density at radius 1 is 1.10 bits per heavy atom. The van der Waals surface area contributed by atoms with Crippen molar-refractivity contribution in [3.8, 4) is 0 Å². The van der Waals surface area contributed by atoms with Gasteiger partial charge in [-0.05, 0) is 22.4 Å². The first-order valence-electron chi connectivity index (χ1n) is 6.86. The van der Waals surface area contributed by atoms with E-state index in [4.69, 9.17) is 10.5 Å². The largest absolute Gasteiger partial charge is 0.379 e. The molecule has 0 atom stereocenters. The zero-order valence-electron chi connectivity index (χ0n) is 11.3. The number of primary amides is 1. The summed E-state index contributed by atoms with van der Waals surface area (Å²) in [6, 6.07) is 11.8. The number of hydrogen-bond donors (Lipinski definition) is 1. The first-order valence-corrected chi connectivity index (χ1v) is 6.86. The van der Waals surface area contributed by atoms with Crippen LogP contribution in [0.15, 0.2) is 36.4 Å². The molecule has 1 heterocycles. The van der Waals surface area contributed by atoms with Gasteiger partial charge in [-0.25, -0.2) is 0 Å². The predicted octanol–water partition coefficient (Wildman–Crippen LogP) is 1.77. The lowest BCUT2D eigenvalue weighted by molar-refractivity contribution is 0.0344.